The number of para-hydroxylation sites is 1. The van der Waals surface area contributed by atoms with Crippen LogP contribution < -0.4 is 10.1 Å². The molecule has 0 unspecified atom stereocenters. The van der Waals surface area contributed by atoms with Crippen LogP contribution in [0.3, 0.4) is 0 Å². The lowest BCUT2D eigenvalue weighted by Crippen LogP contribution is -2.47. The number of nitrogens with one attached hydrogen (secondary N) is 1. The summed E-state index contributed by atoms with van der Waals surface area (Å²) in [6.45, 7) is 2.42. The summed E-state index contributed by atoms with van der Waals surface area (Å²) < 4.78 is 10.9. The second-order valence-electron chi connectivity index (χ2n) is 8.30. The minimum atomic E-state index is -0.466. The Morgan fingerprint density at radius 2 is 1.97 bits per heavy atom. The van der Waals surface area contributed by atoms with Crippen molar-refractivity contribution in [1.82, 2.24) is 10.2 Å². The minimum Gasteiger partial charge on any atom is -0.494 e. The van der Waals surface area contributed by atoms with E-state index in [0.717, 1.165) is 5.75 Å². The van der Waals surface area contributed by atoms with Gasteiger partial charge in [-0.15, -0.1) is 0 Å². The van der Waals surface area contributed by atoms with Gasteiger partial charge in [-0.05, 0) is 37.3 Å². The van der Waals surface area contributed by atoms with E-state index in [1.807, 2.05) is 35.2 Å². The fourth-order valence-corrected chi connectivity index (χ4v) is 3.76. The molecule has 0 aromatic heterocycles. The molecule has 8 nitrogen and oxygen atoms in total. The zero-order chi connectivity index (χ0) is 20.8. The van der Waals surface area contributed by atoms with Crippen LogP contribution in [0.25, 0.3) is 0 Å². The van der Waals surface area contributed by atoms with Crippen molar-refractivity contribution in [3.8, 4) is 5.75 Å². The molecule has 1 saturated carbocycles. The molecule has 0 radical (unpaired) electrons. The Morgan fingerprint density at radius 1 is 1.20 bits per heavy atom. The summed E-state index contributed by atoms with van der Waals surface area (Å²) in [6, 6.07) is 9.61. The SMILES string of the molecule is O=C(NCC1CC1)OC1=NOC2(CCN(C(=O)CCCOc3ccccc3)CC2)C1. The van der Waals surface area contributed by atoms with Crippen molar-refractivity contribution >= 4 is 17.9 Å². The first-order chi connectivity index (χ1) is 14.6. The van der Waals surface area contributed by atoms with Crippen LogP contribution in [-0.2, 0) is 14.4 Å². The Hall–Kier alpha value is -2.77. The van der Waals surface area contributed by atoms with Gasteiger partial charge in [0.25, 0.3) is 0 Å². The third kappa shape index (κ3) is 5.64. The molecule has 0 bridgehead atoms. The summed E-state index contributed by atoms with van der Waals surface area (Å²) in [5.41, 5.74) is -0.459. The smallest absolute Gasteiger partial charge is 0.413 e. The van der Waals surface area contributed by atoms with Crippen LogP contribution in [0.15, 0.2) is 35.5 Å². The van der Waals surface area contributed by atoms with Gasteiger partial charge in [0.15, 0.2) is 0 Å². The van der Waals surface area contributed by atoms with E-state index in [2.05, 4.69) is 10.5 Å². The van der Waals surface area contributed by atoms with Crippen LogP contribution in [0.2, 0.25) is 0 Å². The summed E-state index contributed by atoms with van der Waals surface area (Å²) in [5.74, 6) is 1.87. The van der Waals surface area contributed by atoms with E-state index in [0.29, 0.717) is 70.2 Å². The maximum atomic E-state index is 12.5. The van der Waals surface area contributed by atoms with Crippen molar-refractivity contribution in [1.29, 1.82) is 0 Å². The van der Waals surface area contributed by atoms with Crippen LogP contribution in [-0.4, -0.2) is 54.6 Å². The van der Waals surface area contributed by atoms with Gasteiger partial charge in [-0.25, -0.2) is 4.79 Å². The number of alkyl carbamates (subject to hydrolysis) is 1. The first-order valence-corrected chi connectivity index (χ1v) is 10.8. The standard InChI is InChI=1S/C22H29N3O5/c26-20(7-4-14-28-18-5-2-1-3-6-18)25-12-10-22(11-13-25)15-19(24-30-22)29-21(27)23-16-17-8-9-17/h1-3,5-6,17H,4,7-16H2,(H,23,27). The van der Waals surface area contributed by atoms with Crippen LogP contribution in [0.5, 0.6) is 5.75 Å². The lowest BCUT2D eigenvalue weighted by Gasteiger charge is -2.37. The molecule has 1 saturated heterocycles. The molecule has 1 aliphatic carbocycles. The van der Waals surface area contributed by atoms with Crippen LogP contribution in [0, 0.1) is 5.92 Å². The quantitative estimate of drug-likeness (QED) is 0.692. The Labute approximate surface area is 176 Å². The molecule has 8 heteroatoms. The lowest BCUT2D eigenvalue weighted by atomic mass is 9.88. The number of hydrogen-bond acceptors (Lipinski definition) is 6. The Balaban J connectivity index is 1.12. The normalized spacial score (nSPS) is 19.7. The Morgan fingerprint density at radius 3 is 2.70 bits per heavy atom. The van der Waals surface area contributed by atoms with Gasteiger partial charge in [0.2, 0.25) is 11.8 Å². The van der Waals surface area contributed by atoms with Gasteiger partial charge in [0.05, 0.1) is 13.0 Å². The largest absolute Gasteiger partial charge is 0.494 e. The molecule has 2 amide bonds. The number of carbonyl (C=O) groups is 2. The Kier molecular flexibility index (Phi) is 6.40. The number of amides is 2. The van der Waals surface area contributed by atoms with E-state index in [1.165, 1.54) is 12.8 Å². The number of carbonyl (C=O) groups excluding carboxylic acids is 2. The number of oxime groups is 1. The van der Waals surface area contributed by atoms with Crippen molar-refractivity contribution < 1.29 is 23.9 Å². The fraction of sp³-hybridized carbons (Fsp3) is 0.591. The van der Waals surface area contributed by atoms with E-state index in [9.17, 15) is 9.59 Å². The zero-order valence-electron chi connectivity index (χ0n) is 17.2. The first-order valence-electron chi connectivity index (χ1n) is 10.8. The number of benzene rings is 1. The topological polar surface area (TPSA) is 89.5 Å². The highest BCUT2D eigenvalue weighted by Crippen LogP contribution is 2.35. The Bertz CT molecular complexity index is 770. The average molecular weight is 415 g/mol. The second-order valence-corrected chi connectivity index (χ2v) is 8.30. The third-order valence-electron chi connectivity index (χ3n) is 5.83. The van der Waals surface area contributed by atoms with Crippen molar-refractivity contribution in [2.24, 2.45) is 11.1 Å². The molecule has 1 aromatic rings. The molecular weight excluding hydrogens is 386 g/mol. The van der Waals surface area contributed by atoms with Gasteiger partial charge >= 0.3 is 6.09 Å². The summed E-state index contributed by atoms with van der Waals surface area (Å²) in [5, 5.41) is 6.73. The highest BCUT2D eigenvalue weighted by molar-refractivity contribution is 5.89. The molecule has 3 aliphatic rings. The highest BCUT2D eigenvalue weighted by atomic mass is 16.7. The van der Waals surface area contributed by atoms with Crippen LogP contribution in [0.4, 0.5) is 4.79 Å². The van der Waals surface area contributed by atoms with Gasteiger partial charge < -0.3 is 24.5 Å². The predicted molar refractivity (Wildman–Crippen MR) is 110 cm³/mol. The van der Waals surface area contributed by atoms with Gasteiger partial charge in [-0.1, -0.05) is 23.4 Å². The lowest BCUT2D eigenvalue weighted by molar-refractivity contribution is -0.137. The molecule has 0 atom stereocenters. The summed E-state index contributed by atoms with van der Waals surface area (Å²) in [6.07, 6.45) is 4.85. The summed E-state index contributed by atoms with van der Waals surface area (Å²) in [4.78, 5) is 31.8. The molecule has 162 valence electrons. The first kappa shape index (κ1) is 20.5. The van der Waals surface area contributed by atoms with Crippen molar-refractivity contribution in [3.63, 3.8) is 0 Å². The number of hydrogen-bond donors (Lipinski definition) is 1. The van der Waals surface area contributed by atoms with E-state index in [-0.39, 0.29) is 5.91 Å². The zero-order valence-corrected chi connectivity index (χ0v) is 17.2. The monoisotopic (exact) mass is 415 g/mol. The van der Waals surface area contributed by atoms with E-state index >= 15 is 0 Å². The molecule has 2 aliphatic heterocycles. The molecule has 2 heterocycles. The third-order valence-corrected chi connectivity index (χ3v) is 5.83. The predicted octanol–water partition coefficient (Wildman–Crippen LogP) is 3.08. The van der Waals surface area contributed by atoms with Crippen LogP contribution >= 0.6 is 0 Å². The molecule has 4 rings (SSSR count). The number of ether oxygens (including phenoxy) is 2. The fourth-order valence-electron chi connectivity index (χ4n) is 3.76. The number of likely N-dealkylation sites (tertiary alicyclic amines) is 1. The van der Waals surface area contributed by atoms with Crippen molar-refractivity contribution in [2.75, 3.05) is 26.2 Å². The highest BCUT2D eigenvalue weighted by Gasteiger charge is 2.44. The number of piperidine rings is 1. The van der Waals surface area contributed by atoms with Gasteiger partial charge in [0.1, 0.15) is 11.4 Å². The molecule has 1 N–H and O–H groups in total. The minimum absolute atomic E-state index is 0.136. The van der Waals surface area contributed by atoms with Gasteiger partial charge in [-0.2, -0.15) is 0 Å². The second kappa shape index (κ2) is 9.36. The van der Waals surface area contributed by atoms with Gasteiger partial charge in [-0.3, -0.25) is 4.79 Å². The summed E-state index contributed by atoms with van der Waals surface area (Å²) in [7, 11) is 0. The molecular formula is C22H29N3O5. The molecule has 1 aromatic carbocycles. The number of rotatable bonds is 7. The maximum Gasteiger partial charge on any atom is 0.413 e. The van der Waals surface area contributed by atoms with Crippen molar-refractivity contribution in [3.05, 3.63) is 30.3 Å². The average Bonchev–Trinajstić information content (AvgIpc) is 3.52. The van der Waals surface area contributed by atoms with Crippen molar-refractivity contribution in [2.45, 2.75) is 50.5 Å². The van der Waals surface area contributed by atoms with E-state index in [1.54, 1.807) is 0 Å². The molecule has 2 fully saturated rings. The van der Waals surface area contributed by atoms with Gasteiger partial charge in [0, 0.05) is 38.9 Å². The van der Waals surface area contributed by atoms with E-state index < -0.39 is 11.7 Å². The summed E-state index contributed by atoms with van der Waals surface area (Å²) >= 11 is 0. The number of nitrogens with zero attached hydrogens (tertiary/aromatic N) is 2. The molecule has 30 heavy (non-hydrogen) atoms. The van der Waals surface area contributed by atoms with E-state index in [4.69, 9.17) is 14.3 Å². The molecule has 1 spiro atoms. The maximum absolute atomic E-state index is 12.5. The van der Waals surface area contributed by atoms with Crippen LogP contribution in [0.1, 0.15) is 44.9 Å².